The number of halogens is 1. The van der Waals surface area contributed by atoms with Gasteiger partial charge in [-0.15, -0.1) is 0 Å². The Morgan fingerprint density at radius 1 is 1.17 bits per heavy atom. The third-order valence-corrected chi connectivity index (χ3v) is 3.83. The molecule has 3 rings (SSSR count). The normalized spacial score (nSPS) is 10.9. The van der Waals surface area contributed by atoms with Gasteiger partial charge in [0.05, 0.1) is 11.0 Å². The predicted molar refractivity (Wildman–Crippen MR) is 87.1 cm³/mol. The lowest BCUT2D eigenvalue weighted by molar-refractivity contribution is -0.116. The van der Waals surface area contributed by atoms with Crippen molar-refractivity contribution in [2.24, 2.45) is 0 Å². The lowest BCUT2D eigenvalue weighted by Gasteiger charge is -2.08. The van der Waals surface area contributed by atoms with Gasteiger partial charge in [0.15, 0.2) is 0 Å². The van der Waals surface area contributed by atoms with Gasteiger partial charge in [-0.05, 0) is 55.3 Å². The molecule has 118 valence electrons. The Balaban J connectivity index is 1.84. The van der Waals surface area contributed by atoms with Crippen LogP contribution in [0.4, 0.5) is 10.1 Å². The number of H-pyrrole nitrogens is 1. The third-order valence-electron chi connectivity index (χ3n) is 3.83. The fourth-order valence-electron chi connectivity index (χ4n) is 2.46. The van der Waals surface area contributed by atoms with Crippen molar-refractivity contribution >= 4 is 22.6 Å². The molecule has 0 aliphatic carbocycles. The molecule has 1 amide bonds. The Hall–Kier alpha value is -2.89. The lowest BCUT2D eigenvalue weighted by Crippen LogP contribution is -2.25. The zero-order valence-corrected chi connectivity index (χ0v) is 12.8. The molecule has 6 heteroatoms. The molecule has 0 saturated carbocycles. The van der Waals surface area contributed by atoms with Crippen molar-refractivity contribution in [3.05, 3.63) is 63.8 Å². The molecule has 0 radical (unpaired) electrons. The summed E-state index contributed by atoms with van der Waals surface area (Å²) in [5.74, 6) is -0.758. The number of rotatable bonds is 3. The first-order valence-electron chi connectivity index (χ1n) is 7.19. The number of aromatic amines is 1. The van der Waals surface area contributed by atoms with Crippen LogP contribution < -0.4 is 11.0 Å². The van der Waals surface area contributed by atoms with Crippen LogP contribution in [0.5, 0.6) is 0 Å². The van der Waals surface area contributed by atoms with E-state index in [0.717, 1.165) is 11.1 Å². The van der Waals surface area contributed by atoms with Crippen molar-refractivity contribution in [2.45, 2.75) is 20.4 Å². The van der Waals surface area contributed by atoms with Crippen molar-refractivity contribution in [1.29, 1.82) is 0 Å². The molecule has 0 atom stereocenters. The Morgan fingerprint density at radius 3 is 2.70 bits per heavy atom. The van der Waals surface area contributed by atoms with Crippen LogP contribution in [-0.2, 0) is 11.3 Å². The van der Waals surface area contributed by atoms with Gasteiger partial charge in [0.2, 0.25) is 5.91 Å². The molecule has 0 saturated heterocycles. The van der Waals surface area contributed by atoms with Crippen molar-refractivity contribution in [3.8, 4) is 0 Å². The Labute approximate surface area is 131 Å². The van der Waals surface area contributed by atoms with Crippen molar-refractivity contribution < 1.29 is 9.18 Å². The topological polar surface area (TPSA) is 66.9 Å². The fourth-order valence-corrected chi connectivity index (χ4v) is 2.46. The second kappa shape index (κ2) is 5.72. The molecule has 0 aliphatic heterocycles. The molecule has 1 aromatic heterocycles. The molecule has 0 spiro atoms. The fraction of sp³-hybridized carbons (Fsp3) is 0.176. The largest absolute Gasteiger partial charge is 0.326 e. The quantitative estimate of drug-likeness (QED) is 0.781. The highest BCUT2D eigenvalue weighted by molar-refractivity contribution is 5.91. The molecule has 5 nitrogen and oxygen atoms in total. The molecule has 0 bridgehead atoms. The number of anilines is 1. The summed E-state index contributed by atoms with van der Waals surface area (Å²) >= 11 is 0. The second-order valence-corrected chi connectivity index (χ2v) is 5.52. The maximum atomic E-state index is 13.2. The van der Waals surface area contributed by atoms with Gasteiger partial charge in [0.25, 0.3) is 0 Å². The van der Waals surface area contributed by atoms with Gasteiger partial charge in [0, 0.05) is 5.69 Å². The van der Waals surface area contributed by atoms with Gasteiger partial charge in [0.1, 0.15) is 12.4 Å². The minimum Gasteiger partial charge on any atom is -0.325 e. The van der Waals surface area contributed by atoms with E-state index in [0.29, 0.717) is 16.7 Å². The van der Waals surface area contributed by atoms with Gasteiger partial charge < -0.3 is 10.3 Å². The lowest BCUT2D eigenvalue weighted by atomic mass is 10.1. The smallest absolute Gasteiger partial charge is 0.325 e. The van der Waals surface area contributed by atoms with Gasteiger partial charge in [-0.25, -0.2) is 9.18 Å². The number of nitrogens with one attached hydrogen (secondary N) is 2. The molecule has 0 unspecified atom stereocenters. The molecule has 2 N–H and O–H groups in total. The van der Waals surface area contributed by atoms with Gasteiger partial charge in [-0.1, -0.05) is 6.07 Å². The Morgan fingerprint density at radius 2 is 1.96 bits per heavy atom. The van der Waals surface area contributed by atoms with Crippen molar-refractivity contribution in [3.63, 3.8) is 0 Å². The number of imidazole rings is 1. The van der Waals surface area contributed by atoms with Gasteiger partial charge in [-0.2, -0.15) is 0 Å². The number of hydrogen-bond acceptors (Lipinski definition) is 2. The van der Waals surface area contributed by atoms with Crippen LogP contribution in [0.25, 0.3) is 11.0 Å². The van der Waals surface area contributed by atoms with E-state index in [9.17, 15) is 14.0 Å². The van der Waals surface area contributed by atoms with E-state index >= 15 is 0 Å². The van der Waals surface area contributed by atoms with E-state index in [-0.39, 0.29) is 12.5 Å². The summed E-state index contributed by atoms with van der Waals surface area (Å²) in [6.45, 7) is 3.81. The minimum atomic E-state index is -0.444. The first-order valence-corrected chi connectivity index (χ1v) is 7.19. The first-order chi connectivity index (χ1) is 10.9. The van der Waals surface area contributed by atoms with Gasteiger partial charge in [-0.3, -0.25) is 9.36 Å². The highest BCUT2D eigenvalue weighted by atomic mass is 19.1. The van der Waals surface area contributed by atoms with Crippen LogP contribution >= 0.6 is 0 Å². The number of fused-ring (bicyclic) bond motifs is 1. The van der Waals surface area contributed by atoms with Crippen LogP contribution in [0.15, 0.2) is 41.2 Å². The van der Waals surface area contributed by atoms with Crippen molar-refractivity contribution in [2.75, 3.05) is 5.32 Å². The maximum absolute atomic E-state index is 13.2. The monoisotopic (exact) mass is 313 g/mol. The SMILES string of the molecule is Cc1ccc(NC(=O)Cn2c(=O)[nH]c3cc(F)ccc32)cc1C. The number of aryl methyl sites for hydroxylation is 2. The number of carbonyl (C=O) groups is 1. The third kappa shape index (κ3) is 3.01. The molecule has 3 aromatic rings. The highest BCUT2D eigenvalue weighted by Gasteiger charge is 2.11. The first kappa shape index (κ1) is 15.0. The summed E-state index contributed by atoms with van der Waals surface area (Å²) in [6, 6.07) is 9.58. The van der Waals surface area contributed by atoms with Crippen molar-refractivity contribution in [1.82, 2.24) is 9.55 Å². The van der Waals surface area contributed by atoms with E-state index in [1.54, 1.807) is 0 Å². The summed E-state index contributed by atoms with van der Waals surface area (Å²) < 4.78 is 14.5. The number of hydrogen-bond donors (Lipinski definition) is 2. The molecule has 0 aliphatic rings. The Kier molecular flexibility index (Phi) is 3.73. The summed E-state index contributed by atoms with van der Waals surface area (Å²) in [6.07, 6.45) is 0. The van der Waals surface area contributed by atoms with E-state index in [2.05, 4.69) is 10.3 Å². The molecular formula is C17H16FN3O2. The molecule has 1 heterocycles. The highest BCUT2D eigenvalue weighted by Crippen LogP contribution is 2.15. The second-order valence-electron chi connectivity index (χ2n) is 5.52. The number of nitrogens with zero attached hydrogens (tertiary/aromatic N) is 1. The predicted octanol–water partition coefficient (Wildman–Crippen LogP) is 2.72. The average Bonchev–Trinajstić information content (AvgIpc) is 2.78. The molecular weight excluding hydrogens is 297 g/mol. The van der Waals surface area contributed by atoms with Gasteiger partial charge >= 0.3 is 5.69 Å². The maximum Gasteiger partial charge on any atom is 0.326 e. The number of benzene rings is 2. The van der Waals surface area contributed by atoms with E-state index < -0.39 is 11.5 Å². The van der Waals surface area contributed by atoms with Crippen LogP contribution in [0, 0.1) is 19.7 Å². The standard InChI is InChI=1S/C17H16FN3O2/c1-10-3-5-13(7-11(10)2)19-16(22)9-21-15-6-4-12(18)8-14(15)20-17(21)23/h3-8H,9H2,1-2H3,(H,19,22)(H,20,23). The minimum absolute atomic E-state index is 0.141. The van der Waals surface area contributed by atoms with E-state index in [1.807, 2.05) is 32.0 Å². The van der Waals surface area contributed by atoms with Crippen LogP contribution in [0.1, 0.15) is 11.1 Å². The summed E-state index contributed by atoms with van der Waals surface area (Å²) in [5, 5.41) is 2.76. The number of amides is 1. The molecule has 2 aromatic carbocycles. The number of aromatic nitrogens is 2. The summed E-state index contributed by atoms with van der Waals surface area (Å²) in [7, 11) is 0. The van der Waals surface area contributed by atoms with E-state index in [1.165, 1.54) is 22.8 Å². The molecule has 23 heavy (non-hydrogen) atoms. The Bertz CT molecular complexity index is 956. The number of carbonyl (C=O) groups excluding carboxylic acids is 1. The zero-order chi connectivity index (χ0) is 16.6. The zero-order valence-electron chi connectivity index (χ0n) is 12.8. The van der Waals surface area contributed by atoms with Crippen LogP contribution in [-0.4, -0.2) is 15.5 Å². The average molecular weight is 313 g/mol. The summed E-state index contributed by atoms with van der Waals surface area (Å²) in [5.41, 5.74) is 3.30. The summed E-state index contributed by atoms with van der Waals surface area (Å²) in [4.78, 5) is 26.7. The van der Waals surface area contributed by atoms with Crippen LogP contribution in [0.3, 0.4) is 0 Å². The van der Waals surface area contributed by atoms with Crippen LogP contribution in [0.2, 0.25) is 0 Å². The molecule has 0 fully saturated rings. The van der Waals surface area contributed by atoms with E-state index in [4.69, 9.17) is 0 Å².